The first kappa shape index (κ1) is 15.4. The number of rotatable bonds is 5. The summed E-state index contributed by atoms with van der Waals surface area (Å²) in [5.41, 5.74) is 2.25. The molecule has 0 radical (unpaired) electrons. The molecule has 0 fully saturated rings. The van der Waals surface area contributed by atoms with Gasteiger partial charge in [-0.25, -0.2) is 14.4 Å². The fourth-order valence-corrected chi connectivity index (χ4v) is 2.71. The summed E-state index contributed by atoms with van der Waals surface area (Å²) < 4.78 is 18.4. The number of ether oxygens (including phenoxy) is 1. The van der Waals surface area contributed by atoms with Crippen molar-refractivity contribution >= 4 is 22.3 Å². The fraction of sp³-hybridized carbons (Fsp3) is 0.188. The van der Waals surface area contributed by atoms with Crippen LogP contribution in [0.2, 0.25) is 0 Å². The summed E-state index contributed by atoms with van der Waals surface area (Å²) >= 11 is 1.44. The Hall–Kier alpha value is -2.54. The van der Waals surface area contributed by atoms with Gasteiger partial charge in [0.2, 0.25) is 0 Å². The Balaban J connectivity index is 1.77. The fourth-order valence-electron chi connectivity index (χ4n) is 2.01. The van der Waals surface area contributed by atoms with Crippen molar-refractivity contribution in [2.45, 2.75) is 13.8 Å². The van der Waals surface area contributed by atoms with Gasteiger partial charge in [0.05, 0.1) is 24.7 Å². The van der Waals surface area contributed by atoms with Crippen molar-refractivity contribution in [3.8, 4) is 17.1 Å². The molecule has 3 aromatic rings. The van der Waals surface area contributed by atoms with E-state index in [0.29, 0.717) is 17.6 Å². The molecule has 1 N–H and O–H groups in total. The maximum absolute atomic E-state index is 13.1. The van der Waals surface area contributed by atoms with Crippen molar-refractivity contribution in [3.63, 3.8) is 0 Å². The molecule has 118 valence electrons. The third-order valence-corrected chi connectivity index (χ3v) is 3.84. The second-order valence-corrected chi connectivity index (χ2v) is 5.65. The average Bonchev–Trinajstić information content (AvgIpc) is 3.00. The first-order valence-electron chi connectivity index (χ1n) is 7.09. The SMILES string of the molecule is CCOc1ccc(-c2csc(Nc3ncc(F)cc3C)n2)nc1. The molecule has 0 saturated carbocycles. The molecule has 0 unspecified atom stereocenters. The molecule has 0 aliphatic carbocycles. The van der Waals surface area contributed by atoms with E-state index in [4.69, 9.17) is 4.74 Å². The molecule has 5 nitrogen and oxygen atoms in total. The van der Waals surface area contributed by atoms with Crippen LogP contribution in [0.5, 0.6) is 5.75 Å². The van der Waals surface area contributed by atoms with Crippen LogP contribution in [-0.4, -0.2) is 21.6 Å². The lowest BCUT2D eigenvalue weighted by Gasteiger charge is -2.05. The van der Waals surface area contributed by atoms with Gasteiger partial charge in [-0.2, -0.15) is 0 Å². The van der Waals surface area contributed by atoms with Gasteiger partial charge in [-0.15, -0.1) is 11.3 Å². The van der Waals surface area contributed by atoms with Gasteiger partial charge in [0, 0.05) is 5.38 Å². The Bertz CT molecular complexity index is 804. The molecule has 3 aromatic heterocycles. The van der Waals surface area contributed by atoms with Crippen molar-refractivity contribution in [1.29, 1.82) is 0 Å². The largest absolute Gasteiger partial charge is 0.492 e. The van der Waals surface area contributed by atoms with Gasteiger partial charge in [0.1, 0.15) is 23.1 Å². The van der Waals surface area contributed by atoms with Crippen molar-refractivity contribution in [2.24, 2.45) is 0 Å². The molecule has 0 atom stereocenters. The van der Waals surface area contributed by atoms with Crippen LogP contribution in [0.1, 0.15) is 12.5 Å². The first-order valence-corrected chi connectivity index (χ1v) is 7.97. The predicted molar refractivity (Wildman–Crippen MR) is 88.7 cm³/mol. The van der Waals surface area contributed by atoms with Crippen molar-refractivity contribution < 1.29 is 9.13 Å². The number of anilines is 2. The number of pyridine rings is 2. The Morgan fingerprint density at radius 2 is 2.09 bits per heavy atom. The van der Waals surface area contributed by atoms with Crippen molar-refractivity contribution in [3.05, 3.63) is 47.4 Å². The van der Waals surface area contributed by atoms with E-state index in [1.165, 1.54) is 23.6 Å². The maximum atomic E-state index is 13.1. The summed E-state index contributed by atoms with van der Waals surface area (Å²) in [5.74, 6) is 0.967. The van der Waals surface area contributed by atoms with Gasteiger partial charge >= 0.3 is 0 Å². The van der Waals surface area contributed by atoms with E-state index in [2.05, 4.69) is 20.3 Å². The van der Waals surface area contributed by atoms with Crippen molar-refractivity contribution in [1.82, 2.24) is 15.0 Å². The Labute approximate surface area is 137 Å². The highest BCUT2D eigenvalue weighted by atomic mass is 32.1. The van der Waals surface area contributed by atoms with Crippen LogP contribution in [0.15, 0.2) is 36.0 Å². The van der Waals surface area contributed by atoms with Gasteiger partial charge < -0.3 is 10.1 Å². The number of thiazole rings is 1. The smallest absolute Gasteiger partial charge is 0.188 e. The Morgan fingerprint density at radius 1 is 1.22 bits per heavy atom. The van der Waals surface area contributed by atoms with Crippen LogP contribution >= 0.6 is 11.3 Å². The summed E-state index contributed by atoms with van der Waals surface area (Å²) in [6.07, 6.45) is 2.86. The monoisotopic (exact) mass is 330 g/mol. The maximum Gasteiger partial charge on any atom is 0.188 e. The third-order valence-electron chi connectivity index (χ3n) is 3.08. The normalized spacial score (nSPS) is 10.6. The van der Waals surface area contributed by atoms with Crippen LogP contribution in [-0.2, 0) is 0 Å². The molecule has 0 aliphatic rings. The standard InChI is InChI=1S/C16H15FN4OS/c1-3-22-12-4-5-13(18-8-12)14-9-23-16(20-14)21-15-10(2)6-11(17)7-19-15/h4-9H,3H2,1-2H3,(H,19,20,21). The lowest BCUT2D eigenvalue weighted by atomic mass is 10.3. The zero-order chi connectivity index (χ0) is 16.2. The van der Waals surface area contributed by atoms with E-state index in [1.54, 1.807) is 13.1 Å². The molecule has 0 spiro atoms. The highest BCUT2D eigenvalue weighted by molar-refractivity contribution is 7.14. The molecule has 0 amide bonds. The average molecular weight is 330 g/mol. The molecule has 23 heavy (non-hydrogen) atoms. The molecule has 0 aromatic carbocycles. The van der Waals surface area contributed by atoms with Crippen LogP contribution in [0.3, 0.4) is 0 Å². The molecule has 0 aliphatic heterocycles. The highest BCUT2D eigenvalue weighted by Crippen LogP contribution is 2.27. The molecular formula is C16H15FN4OS. The minimum atomic E-state index is -0.355. The zero-order valence-electron chi connectivity index (χ0n) is 12.7. The summed E-state index contributed by atoms with van der Waals surface area (Å²) in [6, 6.07) is 5.16. The predicted octanol–water partition coefficient (Wildman–Crippen LogP) is 4.19. The summed E-state index contributed by atoms with van der Waals surface area (Å²) in [5, 5.41) is 5.68. The summed E-state index contributed by atoms with van der Waals surface area (Å²) in [6.45, 7) is 4.33. The molecule has 0 bridgehead atoms. The van der Waals surface area contributed by atoms with E-state index in [1.807, 2.05) is 24.4 Å². The van der Waals surface area contributed by atoms with Crippen LogP contribution in [0.4, 0.5) is 15.3 Å². The second-order valence-electron chi connectivity index (χ2n) is 4.79. The molecule has 3 rings (SSSR count). The van der Waals surface area contributed by atoms with E-state index in [0.717, 1.165) is 22.7 Å². The minimum absolute atomic E-state index is 0.355. The lowest BCUT2D eigenvalue weighted by molar-refractivity contribution is 0.339. The van der Waals surface area contributed by atoms with Crippen LogP contribution in [0.25, 0.3) is 11.4 Å². The Morgan fingerprint density at radius 3 is 2.78 bits per heavy atom. The van der Waals surface area contributed by atoms with Gasteiger partial charge in [0.15, 0.2) is 5.13 Å². The number of aryl methyl sites for hydroxylation is 1. The molecule has 3 heterocycles. The van der Waals surface area contributed by atoms with E-state index in [-0.39, 0.29) is 5.82 Å². The van der Waals surface area contributed by atoms with Crippen LogP contribution < -0.4 is 10.1 Å². The first-order chi connectivity index (χ1) is 11.2. The second kappa shape index (κ2) is 6.70. The molecule has 7 heteroatoms. The number of nitrogens with zero attached hydrogens (tertiary/aromatic N) is 3. The number of aromatic nitrogens is 3. The Kier molecular flexibility index (Phi) is 4.47. The third kappa shape index (κ3) is 3.62. The number of hydrogen-bond acceptors (Lipinski definition) is 6. The van der Waals surface area contributed by atoms with Gasteiger partial charge in [-0.1, -0.05) is 0 Å². The van der Waals surface area contributed by atoms with Crippen molar-refractivity contribution in [2.75, 3.05) is 11.9 Å². The zero-order valence-corrected chi connectivity index (χ0v) is 13.5. The molecule has 0 saturated heterocycles. The summed E-state index contributed by atoms with van der Waals surface area (Å²) in [4.78, 5) is 12.9. The highest BCUT2D eigenvalue weighted by Gasteiger charge is 2.08. The quantitative estimate of drug-likeness (QED) is 0.760. The van der Waals surface area contributed by atoms with Gasteiger partial charge in [-0.3, -0.25) is 4.98 Å². The topological polar surface area (TPSA) is 59.9 Å². The summed E-state index contributed by atoms with van der Waals surface area (Å²) in [7, 11) is 0. The van der Waals surface area contributed by atoms with Gasteiger partial charge in [-0.05, 0) is 37.6 Å². The minimum Gasteiger partial charge on any atom is -0.492 e. The van der Waals surface area contributed by atoms with Crippen LogP contribution in [0, 0.1) is 12.7 Å². The number of halogens is 1. The van der Waals surface area contributed by atoms with E-state index < -0.39 is 0 Å². The van der Waals surface area contributed by atoms with E-state index >= 15 is 0 Å². The number of nitrogens with one attached hydrogen (secondary N) is 1. The van der Waals surface area contributed by atoms with Gasteiger partial charge in [0.25, 0.3) is 0 Å². The lowest BCUT2D eigenvalue weighted by Crippen LogP contribution is -1.97. The van der Waals surface area contributed by atoms with E-state index in [9.17, 15) is 4.39 Å². The molecular weight excluding hydrogens is 315 g/mol. The number of hydrogen-bond donors (Lipinski definition) is 1.